The van der Waals surface area contributed by atoms with E-state index in [4.69, 9.17) is 24.4 Å². The average Bonchev–Trinajstić information content (AvgIpc) is 2.40. The summed E-state index contributed by atoms with van der Waals surface area (Å²) in [6.07, 6.45) is 1.77. The molecule has 0 rings (SSSR count). The van der Waals surface area contributed by atoms with Gasteiger partial charge in [-0.15, -0.1) is 0 Å². The molecule has 0 aliphatic carbocycles. The molecular formula is C14H32O5. The van der Waals surface area contributed by atoms with E-state index in [1.54, 1.807) is 21.0 Å². The van der Waals surface area contributed by atoms with Crippen LogP contribution in [-0.2, 0) is 14.2 Å². The molecule has 118 valence electrons. The molecule has 0 radical (unpaired) electrons. The molecule has 2 N–H and O–H groups in total. The topological polar surface area (TPSA) is 68.2 Å². The molecule has 5 nitrogen and oxygen atoms in total. The van der Waals surface area contributed by atoms with Gasteiger partial charge in [-0.25, -0.2) is 0 Å². The maximum atomic E-state index is 8.92. The molecule has 0 aliphatic heterocycles. The molecule has 0 aliphatic rings. The summed E-state index contributed by atoms with van der Waals surface area (Å²) in [7, 11) is 1.73. The normalized spacial score (nSPS) is 15.3. The van der Waals surface area contributed by atoms with E-state index in [1.807, 2.05) is 6.92 Å². The van der Waals surface area contributed by atoms with Crippen molar-refractivity contribution in [3.05, 3.63) is 0 Å². The first-order valence-corrected chi connectivity index (χ1v) is 6.98. The maximum Gasteiger partial charge on any atom is 0.0781 e. The Labute approximate surface area is 117 Å². The van der Waals surface area contributed by atoms with Crippen LogP contribution in [0.5, 0.6) is 0 Å². The summed E-state index contributed by atoms with van der Waals surface area (Å²) in [5, 5.41) is 17.6. The number of hydrogen-bond acceptors (Lipinski definition) is 5. The third kappa shape index (κ3) is 20.3. The number of ether oxygens (including phenoxy) is 3. The van der Waals surface area contributed by atoms with Crippen LogP contribution in [0.2, 0.25) is 0 Å². The van der Waals surface area contributed by atoms with Gasteiger partial charge in [0.1, 0.15) is 0 Å². The van der Waals surface area contributed by atoms with Gasteiger partial charge >= 0.3 is 0 Å². The van der Waals surface area contributed by atoms with Crippen molar-refractivity contribution in [2.24, 2.45) is 0 Å². The van der Waals surface area contributed by atoms with Crippen LogP contribution >= 0.6 is 0 Å². The Morgan fingerprint density at radius 1 is 1.00 bits per heavy atom. The lowest BCUT2D eigenvalue weighted by Gasteiger charge is -2.16. The van der Waals surface area contributed by atoms with Crippen LogP contribution in [0.4, 0.5) is 0 Å². The summed E-state index contributed by atoms with van der Waals surface area (Å²) in [6.45, 7) is 9.17. The molecule has 0 spiro atoms. The van der Waals surface area contributed by atoms with Gasteiger partial charge in [0.2, 0.25) is 0 Å². The summed E-state index contributed by atoms with van der Waals surface area (Å²) in [5.41, 5.74) is 0. The fourth-order valence-corrected chi connectivity index (χ4v) is 0.993. The Hall–Kier alpha value is -0.200. The number of hydrogen-bond donors (Lipinski definition) is 2. The molecule has 5 heteroatoms. The van der Waals surface area contributed by atoms with Crippen molar-refractivity contribution in [3.8, 4) is 0 Å². The number of methoxy groups -OCH3 is 1. The summed E-state index contributed by atoms with van der Waals surface area (Å²) in [4.78, 5) is 0. The lowest BCUT2D eigenvalue weighted by Crippen LogP contribution is -2.24. The summed E-state index contributed by atoms with van der Waals surface area (Å²) < 4.78 is 15.3. The molecule has 0 saturated carbocycles. The molecule has 0 aromatic carbocycles. The first-order valence-electron chi connectivity index (χ1n) is 6.98. The minimum Gasteiger partial charge on any atom is -0.394 e. The smallest absolute Gasteiger partial charge is 0.0781 e. The summed E-state index contributed by atoms with van der Waals surface area (Å²) >= 11 is 0. The molecule has 3 unspecified atom stereocenters. The fraction of sp³-hybridized carbons (Fsp3) is 1.00. The van der Waals surface area contributed by atoms with Gasteiger partial charge in [-0.2, -0.15) is 0 Å². The van der Waals surface area contributed by atoms with E-state index in [0.717, 1.165) is 6.61 Å². The van der Waals surface area contributed by atoms with Crippen molar-refractivity contribution < 1.29 is 24.4 Å². The van der Waals surface area contributed by atoms with Crippen molar-refractivity contribution in [2.45, 2.75) is 58.8 Å². The summed E-state index contributed by atoms with van der Waals surface area (Å²) in [5.74, 6) is 0. The van der Waals surface area contributed by atoms with Crippen LogP contribution < -0.4 is 0 Å². The molecule has 0 aromatic heterocycles. The fourth-order valence-electron chi connectivity index (χ4n) is 0.993. The minimum atomic E-state index is -0.447. The molecule has 0 aromatic rings. The second kappa shape index (κ2) is 15.9. The number of aliphatic hydroxyl groups excluding tert-OH is 2. The zero-order valence-electron chi connectivity index (χ0n) is 13.1. The summed E-state index contributed by atoms with van der Waals surface area (Å²) in [6, 6.07) is 0. The average molecular weight is 280 g/mol. The van der Waals surface area contributed by atoms with Crippen LogP contribution in [-0.4, -0.2) is 62.1 Å². The molecule has 0 heterocycles. The molecular weight excluding hydrogens is 248 g/mol. The first kappa shape index (κ1) is 21.1. The molecule has 0 fully saturated rings. The number of unbranched alkanes of at least 4 members (excludes halogenated alkanes) is 1. The highest BCUT2D eigenvalue weighted by molar-refractivity contribution is 4.52. The third-order valence-electron chi connectivity index (χ3n) is 2.20. The predicted molar refractivity (Wildman–Crippen MR) is 76.4 cm³/mol. The van der Waals surface area contributed by atoms with Gasteiger partial charge in [0.15, 0.2) is 0 Å². The van der Waals surface area contributed by atoms with Gasteiger partial charge in [-0.3, -0.25) is 0 Å². The van der Waals surface area contributed by atoms with Crippen LogP contribution in [0.25, 0.3) is 0 Å². The largest absolute Gasteiger partial charge is 0.394 e. The Kier molecular flexibility index (Phi) is 17.6. The highest BCUT2D eigenvalue weighted by atomic mass is 16.5. The Morgan fingerprint density at radius 2 is 1.58 bits per heavy atom. The van der Waals surface area contributed by atoms with Crippen LogP contribution in [0.3, 0.4) is 0 Å². The van der Waals surface area contributed by atoms with Gasteiger partial charge < -0.3 is 24.4 Å². The van der Waals surface area contributed by atoms with Gasteiger partial charge in [0, 0.05) is 13.7 Å². The van der Waals surface area contributed by atoms with Gasteiger partial charge in [0.05, 0.1) is 38.1 Å². The molecule has 3 atom stereocenters. The van der Waals surface area contributed by atoms with Gasteiger partial charge in [0.25, 0.3) is 0 Å². The van der Waals surface area contributed by atoms with Gasteiger partial charge in [-0.1, -0.05) is 13.3 Å². The second-order valence-corrected chi connectivity index (χ2v) is 4.67. The Balaban J connectivity index is 0. The standard InChI is InChI=1S/C9H20O4.C5H12O/c1-7(11)5-12-9(3)6-13-8(2)4-10;1-3-4-5-6-2/h7-11H,4-6H2,1-3H3;3-5H2,1-2H3. The van der Waals surface area contributed by atoms with E-state index in [-0.39, 0.29) is 18.8 Å². The lowest BCUT2D eigenvalue weighted by atomic mass is 10.4. The van der Waals surface area contributed by atoms with E-state index >= 15 is 0 Å². The van der Waals surface area contributed by atoms with E-state index in [1.165, 1.54) is 12.8 Å². The van der Waals surface area contributed by atoms with Crippen LogP contribution in [0.15, 0.2) is 0 Å². The van der Waals surface area contributed by atoms with Crippen molar-refractivity contribution in [3.63, 3.8) is 0 Å². The van der Waals surface area contributed by atoms with Crippen LogP contribution in [0, 0.1) is 0 Å². The third-order valence-corrected chi connectivity index (χ3v) is 2.20. The predicted octanol–water partition coefficient (Wildman–Crippen LogP) is 1.60. The number of aliphatic hydroxyl groups is 2. The lowest BCUT2D eigenvalue weighted by molar-refractivity contribution is -0.0620. The quantitative estimate of drug-likeness (QED) is 0.595. The van der Waals surface area contributed by atoms with Crippen molar-refractivity contribution in [1.29, 1.82) is 0 Å². The second-order valence-electron chi connectivity index (χ2n) is 4.67. The Bertz CT molecular complexity index is 160. The minimum absolute atomic E-state index is 0.0170. The SMILES string of the molecule is CC(O)COC(C)COC(C)CO.CCCCOC. The maximum absolute atomic E-state index is 8.92. The molecule has 19 heavy (non-hydrogen) atoms. The van der Waals surface area contributed by atoms with E-state index in [9.17, 15) is 0 Å². The van der Waals surface area contributed by atoms with E-state index in [2.05, 4.69) is 6.92 Å². The molecule has 0 bridgehead atoms. The zero-order valence-corrected chi connectivity index (χ0v) is 13.1. The molecule has 0 amide bonds. The van der Waals surface area contributed by atoms with E-state index < -0.39 is 6.10 Å². The first-order chi connectivity index (χ1) is 8.97. The van der Waals surface area contributed by atoms with Crippen LogP contribution in [0.1, 0.15) is 40.5 Å². The Morgan fingerprint density at radius 3 is 1.95 bits per heavy atom. The van der Waals surface area contributed by atoms with Gasteiger partial charge in [-0.05, 0) is 27.2 Å². The molecule has 0 saturated heterocycles. The van der Waals surface area contributed by atoms with Crippen molar-refractivity contribution in [1.82, 2.24) is 0 Å². The van der Waals surface area contributed by atoms with Crippen molar-refractivity contribution in [2.75, 3.05) is 33.5 Å². The monoisotopic (exact) mass is 280 g/mol. The van der Waals surface area contributed by atoms with Crippen molar-refractivity contribution >= 4 is 0 Å². The highest BCUT2D eigenvalue weighted by Gasteiger charge is 2.06. The zero-order chi connectivity index (χ0) is 15.1. The number of rotatable bonds is 10. The highest BCUT2D eigenvalue weighted by Crippen LogP contribution is 1.97. The van der Waals surface area contributed by atoms with E-state index in [0.29, 0.717) is 13.2 Å².